The summed E-state index contributed by atoms with van der Waals surface area (Å²) < 4.78 is 7.70. The minimum atomic E-state index is 0.591. The normalized spacial score (nSPS) is 11.0. The smallest absolute Gasteiger partial charge is 0.157 e. The SMILES string of the molecule is Cc1ccc(OCCNc2c(C)c(C)nc3ccnn23)c(C)c1. The number of anilines is 1. The van der Waals surface area contributed by atoms with Gasteiger partial charge in [-0.15, -0.1) is 0 Å². The maximum atomic E-state index is 5.87. The highest BCUT2D eigenvalue weighted by molar-refractivity contribution is 5.54. The number of hydrogen-bond acceptors (Lipinski definition) is 4. The van der Waals surface area contributed by atoms with Crippen LogP contribution in [0.3, 0.4) is 0 Å². The summed E-state index contributed by atoms with van der Waals surface area (Å²) in [7, 11) is 0. The van der Waals surface area contributed by atoms with Crippen LogP contribution < -0.4 is 10.1 Å². The van der Waals surface area contributed by atoms with Gasteiger partial charge in [0.05, 0.1) is 12.7 Å². The fourth-order valence-electron chi connectivity index (χ4n) is 2.64. The topological polar surface area (TPSA) is 51.5 Å². The zero-order valence-electron chi connectivity index (χ0n) is 14.1. The monoisotopic (exact) mass is 310 g/mol. The lowest BCUT2D eigenvalue weighted by Crippen LogP contribution is -2.16. The van der Waals surface area contributed by atoms with Gasteiger partial charge in [-0.3, -0.25) is 0 Å². The molecular formula is C18H22N4O. The van der Waals surface area contributed by atoms with Crippen LogP contribution in [0.4, 0.5) is 5.82 Å². The minimum Gasteiger partial charge on any atom is -0.491 e. The minimum absolute atomic E-state index is 0.591. The van der Waals surface area contributed by atoms with E-state index in [2.05, 4.69) is 48.3 Å². The summed E-state index contributed by atoms with van der Waals surface area (Å²) >= 11 is 0. The van der Waals surface area contributed by atoms with Crippen molar-refractivity contribution in [3.8, 4) is 5.75 Å². The molecule has 120 valence electrons. The van der Waals surface area contributed by atoms with Crippen molar-refractivity contribution in [3.63, 3.8) is 0 Å². The van der Waals surface area contributed by atoms with Gasteiger partial charge < -0.3 is 10.1 Å². The second-order valence-electron chi connectivity index (χ2n) is 5.82. The molecule has 0 bridgehead atoms. The highest BCUT2D eigenvalue weighted by atomic mass is 16.5. The first kappa shape index (κ1) is 15.3. The van der Waals surface area contributed by atoms with Gasteiger partial charge in [0, 0.05) is 17.3 Å². The van der Waals surface area contributed by atoms with E-state index in [1.165, 1.54) is 5.56 Å². The highest BCUT2D eigenvalue weighted by Gasteiger charge is 2.09. The Morgan fingerprint density at radius 2 is 1.96 bits per heavy atom. The van der Waals surface area contributed by atoms with Crippen molar-refractivity contribution < 1.29 is 4.74 Å². The Balaban J connectivity index is 1.67. The quantitative estimate of drug-likeness (QED) is 0.733. The average molecular weight is 310 g/mol. The van der Waals surface area contributed by atoms with Crippen molar-refractivity contribution in [2.45, 2.75) is 27.7 Å². The first-order valence-corrected chi connectivity index (χ1v) is 7.81. The number of hydrogen-bond donors (Lipinski definition) is 1. The Kier molecular flexibility index (Phi) is 4.19. The number of benzene rings is 1. The molecular weight excluding hydrogens is 288 g/mol. The van der Waals surface area contributed by atoms with Gasteiger partial charge in [0.25, 0.3) is 0 Å². The third-order valence-electron chi connectivity index (χ3n) is 4.00. The van der Waals surface area contributed by atoms with Crippen molar-refractivity contribution >= 4 is 11.5 Å². The standard InChI is InChI=1S/C18H22N4O/c1-12-5-6-16(13(2)11-12)23-10-9-19-18-14(3)15(4)21-17-7-8-20-22(17)18/h5-8,11,19H,9-10H2,1-4H3. The molecule has 0 aliphatic rings. The summed E-state index contributed by atoms with van der Waals surface area (Å²) in [4.78, 5) is 4.52. The van der Waals surface area contributed by atoms with Gasteiger partial charge in [-0.25, -0.2) is 4.98 Å². The van der Waals surface area contributed by atoms with E-state index in [-0.39, 0.29) is 0 Å². The lowest BCUT2D eigenvalue weighted by molar-refractivity contribution is 0.330. The second kappa shape index (κ2) is 6.28. The molecule has 0 aliphatic carbocycles. The van der Waals surface area contributed by atoms with Gasteiger partial charge in [0.2, 0.25) is 0 Å². The molecule has 5 heteroatoms. The van der Waals surface area contributed by atoms with Crippen LogP contribution in [0.2, 0.25) is 0 Å². The number of nitrogens with zero attached hydrogens (tertiary/aromatic N) is 3. The van der Waals surface area contributed by atoms with Crippen LogP contribution in [-0.4, -0.2) is 27.7 Å². The predicted octanol–water partition coefficient (Wildman–Crippen LogP) is 3.45. The molecule has 0 radical (unpaired) electrons. The van der Waals surface area contributed by atoms with Crippen molar-refractivity contribution in [2.75, 3.05) is 18.5 Å². The molecule has 0 unspecified atom stereocenters. The van der Waals surface area contributed by atoms with Crippen LogP contribution in [0.15, 0.2) is 30.5 Å². The third kappa shape index (κ3) is 3.13. The molecule has 3 aromatic rings. The molecule has 0 spiro atoms. The van der Waals surface area contributed by atoms with E-state index in [4.69, 9.17) is 4.74 Å². The maximum absolute atomic E-state index is 5.87. The lowest BCUT2D eigenvalue weighted by Gasteiger charge is -2.14. The Morgan fingerprint density at radius 3 is 2.74 bits per heavy atom. The van der Waals surface area contributed by atoms with Crippen LogP contribution in [-0.2, 0) is 0 Å². The molecule has 3 rings (SSSR count). The average Bonchev–Trinajstić information content (AvgIpc) is 2.96. The number of fused-ring (bicyclic) bond motifs is 1. The molecule has 0 amide bonds. The molecule has 5 nitrogen and oxygen atoms in total. The van der Waals surface area contributed by atoms with Crippen molar-refractivity contribution in [1.29, 1.82) is 0 Å². The summed E-state index contributed by atoms with van der Waals surface area (Å²) in [6, 6.07) is 8.13. The fourth-order valence-corrected chi connectivity index (χ4v) is 2.64. The van der Waals surface area contributed by atoms with Crippen LogP contribution in [0, 0.1) is 27.7 Å². The van der Waals surface area contributed by atoms with E-state index < -0.39 is 0 Å². The molecule has 2 heterocycles. The van der Waals surface area contributed by atoms with Crippen LogP contribution in [0.1, 0.15) is 22.4 Å². The van der Waals surface area contributed by atoms with E-state index >= 15 is 0 Å². The first-order chi connectivity index (χ1) is 11.1. The number of rotatable bonds is 5. The van der Waals surface area contributed by atoms with E-state index in [9.17, 15) is 0 Å². The summed E-state index contributed by atoms with van der Waals surface area (Å²) in [5.74, 6) is 1.91. The fraction of sp³-hybridized carbons (Fsp3) is 0.333. The molecule has 0 saturated carbocycles. The summed E-state index contributed by atoms with van der Waals surface area (Å²) in [5, 5.41) is 7.75. The van der Waals surface area contributed by atoms with Crippen molar-refractivity contribution in [1.82, 2.24) is 14.6 Å². The molecule has 0 atom stereocenters. The molecule has 0 fully saturated rings. The number of aryl methyl sites for hydroxylation is 3. The molecule has 1 aromatic carbocycles. The van der Waals surface area contributed by atoms with Gasteiger partial charge in [0.1, 0.15) is 18.2 Å². The zero-order chi connectivity index (χ0) is 16.4. The number of ether oxygens (including phenoxy) is 1. The molecule has 1 N–H and O–H groups in total. The molecule has 0 aliphatic heterocycles. The van der Waals surface area contributed by atoms with Crippen molar-refractivity contribution in [2.24, 2.45) is 0 Å². The van der Waals surface area contributed by atoms with E-state index in [1.807, 2.05) is 23.6 Å². The van der Waals surface area contributed by atoms with E-state index in [0.29, 0.717) is 13.2 Å². The first-order valence-electron chi connectivity index (χ1n) is 7.81. The van der Waals surface area contributed by atoms with Crippen LogP contribution in [0.5, 0.6) is 5.75 Å². The Bertz CT molecular complexity index is 838. The summed E-state index contributed by atoms with van der Waals surface area (Å²) in [5.41, 5.74) is 5.38. The van der Waals surface area contributed by atoms with Crippen molar-refractivity contribution in [3.05, 3.63) is 52.8 Å². The Labute approximate surface area is 136 Å². The van der Waals surface area contributed by atoms with Gasteiger partial charge in [-0.2, -0.15) is 9.61 Å². The molecule has 23 heavy (non-hydrogen) atoms. The number of nitrogens with one attached hydrogen (secondary N) is 1. The van der Waals surface area contributed by atoms with Gasteiger partial charge in [-0.05, 0) is 39.3 Å². The summed E-state index contributed by atoms with van der Waals surface area (Å²) in [6.07, 6.45) is 1.76. The van der Waals surface area contributed by atoms with Gasteiger partial charge in [-0.1, -0.05) is 17.7 Å². The lowest BCUT2D eigenvalue weighted by atomic mass is 10.1. The van der Waals surface area contributed by atoms with E-state index in [1.54, 1.807) is 6.20 Å². The molecule has 2 aromatic heterocycles. The largest absolute Gasteiger partial charge is 0.491 e. The third-order valence-corrected chi connectivity index (χ3v) is 4.00. The Morgan fingerprint density at radius 1 is 1.13 bits per heavy atom. The maximum Gasteiger partial charge on any atom is 0.157 e. The van der Waals surface area contributed by atoms with Gasteiger partial charge in [0.15, 0.2) is 5.65 Å². The van der Waals surface area contributed by atoms with E-state index in [0.717, 1.165) is 34.0 Å². The predicted molar refractivity (Wildman–Crippen MR) is 92.4 cm³/mol. The number of aromatic nitrogens is 3. The van der Waals surface area contributed by atoms with Crippen LogP contribution >= 0.6 is 0 Å². The van der Waals surface area contributed by atoms with Crippen LogP contribution in [0.25, 0.3) is 5.65 Å². The van der Waals surface area contributed by atoms with Gasteiger partial charge >= 0.3 is 0 Å². The zero-order valence-corrected chi connectivity index (χ0v) is 14.1. The summed E-state index contributed by atoms with van der Waals surface area (Å²) in [6.45, 7) is 9.51. The second-order valence-corrected chi connectivity index (χ2v) is 5.82. The highest BCUT2D eigenvalue weighted by Crippen LogP contribution is 2.20. The molecule has 0 saturated heterocycles. The Hall–Kier alpha value is -2.56.